The fraction of sp³-hybridized carbons (Fsp3) is 0.381. The summed E-state index contributed by atoms with van der Waals surface area (Å²) in [5.41, 5.74) is 3.00. The van der Waals surface area contributed by atoms with Crippen LogP contribution in [-0.2, 0) is 14.8 Å². The molecule has 0 aliphatic carbocycles. The zero-order valence-electron chi connectivity index (χ0n) is 16.9. The Morgan fingerprint density at radius 1 is 1.18 bits per heavy atom. The van der Waals surface area contributed by atoms with E-state index in [4.69, 9.17) is 0 Å². The van der Waals surface area contributed by atoms with E-state index >= 15 is 0 Å². The number of nitrogens with one attached hydrogen (secondary N) is 1. The van der Waals surface area contributed by atoms with Gasteiger partial charge in [0.25, 0.3) is 0 Å². The van der Waals surface area contributed by atoms with Crippen molar-refractivity contribution in [3.8, 4) is 0 Å². The first-order chi connectivity index (χ1) is 13.1. The van der Waals surface area contributed by atoms with E-state index in [0.29, 0.717) is 6.42 Å². The second-order valence-electron chi connectivity index (χ2n) is 7.02. The molecule has 0 aromatic heterocycles. The van der Waals surface area contributed by atoms with E-state index in [1.807, 2.05) is 39.0 Å². The maximum absolute atomic E-state index is 14.2. The van der Waals surface area contributed by atoms with E-state index in [0.717, 1.165) is 27.3 Å². The van der Waals surface area contributed by atoms with Crippen molar-refractivity contribution in [2.45, 2.75) is 46.2 Å². The summed E-state index contributed by atoms with van der Waals surface area (Å²) in [6, 6.07) is 10.1. The molecule has 0 heterocycles. The van der Waals surface area contributed by atoms with Gasteiger partial charge in [-0.2, -0.15) is 0 Å². The number of aryl methyl sites for hydroxylation is 2. The van der Waals surface area contributed by atoms with Gasteiger partial charge in [-0.1, -0.05) is 42.8 Å². The number of sulfonamides is 1. The molecule has 7 heteroatoms. The zero-order valence-corrected chi connectivity index (χ0v) is 17.7. The molecule has 1 amide bonds. The molecule has 1 N–H and O–H groups in total. The van der Waals surface area contributed by atoms with Gasteiger partial charge in [0.1, 0.15) is 11.9 Å². The maximum Gasteiger partial charge on any atom is 0.244 e. The van der Waals surface area contributed by atoms with Crippen molar-refractivity contribution in [3.63, 3.8) is 0 Å². The molecule has 2 atom stereocenters. The van der Waals surface area contributed by atoms with Gasteiger partial charge >= 0.3 is 0 Å². The van der Waals surface area contributed by atoms with Gasteiger partial charge in [-0.25, -0.2) is 12.8 Å². The molecule has 0 saturated heterocycles. The number of hydrogen-bond donors (Lipinski definition) is 1. The lowest BCUT2D eigenvalue weighted by Crippen LogP contribution is -2.49. The van der Waals surface area contributed by atoms with E-state index < -0.39 is 27.8 Å². The van der Waals surface area contributed by atoms with Crippen molar-refractivity contribution in [1.29, 1.82) is 0 Å². The third-order valence-corrected chi connectivity index (χ3v) is 5.93. The first kappa shape index (κ1) is 21.9. The molecule has 2 aromatic rings. The van der Waals surface area contributed by atoms with Crippen LogP contribution in [0.25, 0.3) is 0 Å². The maximum atomic E-state index is 14.2. The molecule has 28 heavy (non-hydrogen) atoms. The molecular formula is C21H27FN2O3S. The van der Waals surface area contributed by atoms with Crippen LogP contribution in [0.3, 0.4) is 0 Å². The highest BCUT2D eigenvalue weighted by Crippen LogP contribution is 2.26. The van der Waals surface area contributed by atoms with Gasteiger partial charge in [0.05, 0.1) is 18.0 Å². The largest absolute Gasteiger partial charge is 0.347 e. The van der Waals surface area contributed by atoms with Gasteiger partial charge < -0.3 is 5.32 Å². The van der Waals surface area contributed by atoms with Crippen molar-refractivity contribution in [3.05, 3.63) is 65.0 Å². The summed E-state index contributed by atoms with van der Waals surface area (Å²) in [6.45, 7) is 7.37. The lowest BCUT2D eigenvalue weighted by atomic mass is 9.97. The number of nitrogens with zero attached hydrogens (tertiary/aromatic N) is 1. The molecular weight excluding hydrogens is 379 g/mol. The van der Waals surface area contributed by atoms with Gasteiger partial charge in [-0.05, 0) is 50.5 Å². The van der Waals surface area contributed by atoms with Crippen LogP contribution in [0.1, 0.15) is 43.0 Å². The molecule has 0 aliphatic heterocycles. The highest BCUT2D eigenvalue weighted by atomic mass is 32.2. The first-order valence-corrected chi connectivity index (χ1v) is 11.0. The van der Waals surface area contributed by atoms with Crippen LogP contribution in [0.15, 0.2) is 42.5 Å². The Morgan fingerprint density at radius 2 is 1.82 bits per heavy atom. The molecule has 0 saturated carbocycles. The van der Waals surface area contributed by atoms with Gasteiger partial charge in [-0.15, -0.1) is 0 Å². The van der Waals surface area contributed by atoms with Gasteiger partial charge in [0.2, 0.25) is 15.9 Å². The third-order valence-electron chi connectivity index (χ3n) is 4.70. The summed E-state index contributed by atoms with van der Waals surface area (Å²) < 4.78 is 39.7. The van der Waals surface area contributed by atoms with Crippen molar-refractivity contribution in [2.24, 2.45) is 0 Å². The number of amides is 1. The smallest absolute Gasteiger partial charge is 0.244 e. The topological polar surface area (TPSA) is 66.5 Å². The Balaban J connectivity index is 2.33. The monoisotopic (exact) mass is 406 g/mol. The van der Waals surface area contributed by atoms with Crippen molar-refractivity contribution < 1.29 is 17.6 Å². The van der Waals surface area contributed by atoms with E-state index in [9.17, 15) is 17.6 Å². The summed E-state index contributed by atoms with van der Waals surface area (Å²) >= 11 is 0. The van der Waals surface area contributed by atoms with Crippen LogP contribution >= 0.6 is 0 Å². The van der Waals surface area contributed by atoms with Gasteiger partial charge in [-0.3, -0.25) is 9.10 Å². The number of para-hydroxylation sites is 1. The van der Waals surface area contributed by atoms with E-state index in [1.54, 1.807) is 0 Å². The quantitative estimate of drug-likeness (QED) is 0.759. The molecule has 0 aliphatic rings. The molecule has 0 radical (unpaired) electrons. The number of carbonyl (C=O) groups is 1. The van der Waals surface area contributed by atoms with Crippen LogP contribution in [0, 0.1) is 19.7 Å². The number of anilines is 1. The van der Waals surface area contributed by atoms with Gasteiger partial charge in [0.15, 0.2) is 0 Å². The lowest BCUT2D eigenvalue weighted by molar-refractivity contribution is -0.122. The first-order valence-electron chi connectivity index (χ1n) is 9.17. The Kier molecular flexibility index (Phi) is 6.82. The minimum absolute atomic E-state index is 0.146. The predicted octanol–water partition coefficient (Wildman–Crippen LogP) is 3.86. The molecule has 152 valence electrons. The summed E-state index contributed by atoms with van der Waals surface area (Å²) in [5.74, 6) is -1.19. The van der Waals surface area contributed by atoms with Crippen molar-refractivity contribution in [2.75, 3.05) is 10.6 Å². The van der Waals surface area contributed by atoms with Crippen LogP contribution in [-0.4, -0.2) is 26.6 Å². The fourth-order valence-corrected chi connectivity index (χ4v) is 4.50. The average Bonchev–Trinajstić information content (AvgIpc) is 2.60. The number of carbonyl (C=O) groups excluding carboxylic acids is 1. The van der Waals surface area contributed by atoms with Crippen LogP contribution < -0.4 is 9.62 Å². The highest BCUT2D eigenvalue weighted by molar-refractivity contribution is 7.92. The summed E-state index contributed by atoms with van der Waals surface area (Å²) in [4.78, 5) is 12.9. The van der Waals surface area contributed by atoms with E-state index in [-0.39, 0.29) is 11.7 Å². The standard InChI is InChI=1S/C21H27FN2O3S/c1-6-19(17-12-11-14(2)13-15(17)3)23-21(25)16(4)24(28(5,26)27)20-10-8-7-9-18(20)22/h7-13,16,19H,6H2,1-5H3,(H,23,25)/t16-,19+/m0/s1. The summed E-state index contributed by atoms with van der Waals surface area (Å²) in [7, 11) is -3.87. The Bertz CT molecular complexity index is 960. The van der Waals surface area contributed by atoms with Crippen molar-refractivity contribution >= 4 is 21.6 Å². The molecule has 2 rings (SSSR count). The molecule has 5 nitrogen and oxygen atoms in total. The minimum atomic E-state index is -3.87. The third kappa shape index (κ3) is 4.90. The van der Waals surface area contributed by atoms with Crippen LogP contribution in [0.2, 0.25) is 0 Å². The second kappa shape index (κ2) is 8.73. The number of benzene rings is 2. The van der Waals surface area contributed by atoms with Gasteiger partial charge in [0, 0.05) is 0 Å². The minimum Gasteiger partial charge on any atom is -0.347 e. The number of hydrogen-bond acceptors (Lipinski definition) is 3. The second-order valence-corrected chi connectivity index (χ2v) is 8.88. The van der Waals surface area contributed by atoms with Crippen molar-refractivity contribution in [1.82, 2.24) is 5.32 Å². The Hall–Kier alpha value is -2.41. The molecule has 0 bridgehead atoms. The fourth-order valence-electron chi connectivity index (χ4n) is 3.32. The lowest BCUT2D eigenvalue weighted by Gasteiger charge is -2.30. The van der Waals surface area contributed by atoms with E-state index in [1.165, 1.54) is 31.2 Å². The van der Waals surface area contributed by atoms with E-state index in [2.05, 4.69) is 5.32 Å². The average molecular weight is 407 g/mol. The normalized spacial score (nSPS) is 13.6. The highest BCUT2D eigenvalue weighted by Gasteiger charge is 2.32. The molecule has 0 fully saturated rings. The Morgan fingerprint density at radius 3 is 2.36 bits per heavy atom. The van der Waals surface area contributed by atoms with Crippen LogP contribution in [0.5, 0.6) is 0 Å². The summed E-state index contributed by atoms with van der Waals surface area (Å²) in [5, 5.41) is 2.92. The molecule has 2 aromatic carbocycles. The predicted molar refractivity (Wildman–Crippen MR) is 110 cm³/mol. The molecule has 0 unspecified atom stereocenters. The number of rotatable bonds is 7. The molecule has 0 spiro atoms. The summed E-state index contributed by atoms with van der Waals surface area (Å²) in [6.07, 6.45) is 1.60. The SMILES string of the molecule is CC[C@@H](NC(=O)[C@H](C)N(c1ccccc1F)S(C)(=O)=O)c1ccc(C)cc1C. The number of halogens is 1. The van der Waals surface area contributed by atoms with Crippen LogP contribution in [0.4, 0.5) is 10.1 Å². The Labute approximate surface area is 166 Å². The zero-order chi connectivity index (χ0) is 21.1.